The van der Waals surface area contributed by atoms with Crippen LogP contribution in [0.3, 0.4) is 0 Å². The van der Waals surface area contributed by atoms with Crippen LogP contribution in [0.25, 0.3) is 0 Å². The first-order valence-electron chi connectivity index (χ1n) is 8.58. The molecule has 28 heavy (non-hydrogen) atoms. The number of halogens is 4. The van der Waals surface area contributed by atoms with E-state index in [0.29, 0.717) is 16.1 Å². The van der Waals surface area contributed by atoms with Gasteiger partial charge in [-0.1, -0.05) is 37.6 Å². The van der Waals surface area contributed by atoms with Crippen molar-refractivity contribution in [1.82, 2.24) is 10.6 Å². The maximum Gasteiger partial charge on any atom is 0.416 e. The molecule has 0 aliphatic heterocycles. The molecule has 0 aliphatic carbocycles. The van der Waals surface area contributed by atoms with E-state index in [0.717, 1.165) is 12.1 Å². The molecule has 0 saturated heterocycles. The second-order valence-electron chi connectivity index (χ2n) is 6.62. The summed E-state index contributed by atoms with van der Waals surface area (Å²) in [6.45, 7) is 3.44. The summed E-state index contributed by atoms with van der Waals surface area (Å²) in [5, 5.41) is 5.71. The molecule has 150 valence electrons. The van der Waals surface area contributed by atoms with Crippen LogP contribution in [-0.4, -0.2) is 17.9 Å². The van der Waals surface area contributed by atoms with Crippen LogP contribution in [0.1, 0.15) is 35.3 Å². The topological polar surface area (TPSA) is 58.2 Å². The Labute approximate surface area is 166 Å². The Hall–Kier alpha value is -2.54. The quantitative estimate of drug-likeness (QED) is 0.737. The zero-order valence-corrected chi connectivity index (χ0v) is 16.1. The van der Waals surface area contributed by atoms with Crippen LogP contribution in [0, 0.1) is 5.92 Å². The van der Waals surface area contributed by atoms with Crippen LogP contribution >= 0.6 is 11.6 Å². The molecule has 0 unspecified atom stereocenters. The monoisotopic (exact) mass is 412 g/mol. The van der Waals surface area contributed by atoms with E-state index < -0.39 is 29.6 Å². The predicted octanol–water partition coefficient (Wildman–Crippen LogP) is 4.43. The molecular formula is C20H20ClF3N2O2. The molecule has 0 bridgehead atoms. The van der Waals surface area contributed by atoms with Crippen LogP contribution in [-0.2, 0) is 17.5 Å². The summed E-state index contributed by atoms with van der Waals surface area (Å²) in [4.78, 5) is 24.8. The van der Waals surface area contributed by atoms with Crippen molar-refractivity contribution in [2.75, 3.05) is 0 Å². The van der Waals surface area contributed by atoms with Gasteiger partial charge >= 0.3 is 6.18 Å². The highest BCUT2D eigenvalue weighted by atomic mass is 35.5. The lowest BCUT2D eigenvalue weighted by atomic mass is 10.0. The highest BCUT2D eigenvalue weighted by Gasteiger charge is 2.30. The Morgan fingerprint density at radius 1 is 1.07 bits per heavy atom. The van der Waals surface area contributed by atoms with Crippen molar-refractivity contribution < 1.29 is 22.8 Å². The first kappa shape index (κ1) is 21.8. The lowest BCUT2D eigenvalue weighted by molar-refractivity contribution is -0.137. The molecule has 4 nitrogen and oxygen atoms in total. The van der Waals surface area contributed by atoms with Gasteiger partial charge in [0, 0.05) is 17.1 Å². The van der Waals surface area contributed by atoms with Gasteiger partial charge in [-0.3, -0.25) is 9.59 Å². The first-order chi connectivity index (χ1) is 13.1. The van der Waals surface area contributed by atoms with Crippen LogP contribution in [0.2, 0.25) is 5.02 Å². The van der Waals surface area contributed by atoms with Gasteiger partial charge in [0.1, 0.15) is 6.04 Å². The summed E-state index contributed by atoms with van der Waals surface area (Å²) >= 11 is 5.80. The van der Waals surface area contributed by atoms with Gasteiger partial charge < -0.3 is 10.6 Å². The first-order valence-corrected chi connectivity index (χ1v) is 8.96. The summed E-state index contributed by atoms with van der Waals surface area (Å²) in [7, 11) is 0. The maximum atomic E-state index is 12.8. The van der Waals surface area contributed by atoms with Crippen molar-refractivity contribution in [3.8, 4) is 0 Å². The molecule has 0 saturated carbocycles. The molecule has 2 amide bonds. The second kappa shape index (κ2) is 9.10. The normalized spacial score (nSPS) is 12.5. The van der Waals surface area contributed by atoms with E-state index in [9.17, 15) is 22.8 Å². The minimum atomic E-state index is -4.45. The SMILES string of the molecule is CC(C)[C@H](NC(=O)c1ccc(Cl)cc1)C(=O)NCc1cccc(C(F)(F)F)c1. The van der Waals surface area contributed by atoms with Gasteiger partial charge in [0.2, 0.25) is 5.91 Å². The van der Waals surface area contributed by atoms with Crippen molar-refractivity contribution in [2.45, 2.75) is 32.6 Å². The number of hydrogen-bond donors (Lipinski definition) is 2. The summed E-state index contributed by atoms with van der Waals surface area (Å²) in [5.74, 6) is -1.14. The van der Waals surface area contributed by atoms with E-state index >= 15 is 0 Å². The van der Waals surface area contributed by atoms with Crippen molar-refractivity contribution in [3.63, 3.8) is 0 Å². The molecule has 2 N–H and O–H groups in total. The number of hydrogen-bond acceptors (Lipinski definition) is 2. The molecule has 0 heterocycles. The number of benzene rings is 2. The van der Waals surface area contributed by atoms with Gasteiger partial charge in [-0.2, -0.15) is 13.2 Å². The van der Waals surface area contributed by atoms with Gasteiger partial charge in [0.15, 0.2) is 0 Å². The van der Waals surface area contributed by atoms with Crippen LogP contribution in [0.15, 0.2) is 48.5 Å². The number of nitrogens with one attached hydrogen (secondary N) is 2. The van der Waals surface area contributed by atoms with E-state index in [4.69, 9.17) is 11.6 Å². The maximum absolute atomic E-state index is 12.8. The smallest absolute Gasteiger partial charge is 0.350 e. The third kappa shape index (κ3) is 5.99. The van der Waals surface area contributed by atoms with Gasteiger partial charge in [-0.25, -0.2) is 0 Å². The van der Waals surface area contributed by atoms with Crippen molar-refractivity contribution in [1.29, 1.82) is 0 Å². The molecule has 0 radical (unpaired) electrons. The fourth-order valence-corrected chi connectivity index (χ4v) is 2.64. The van der Waals surface area contributed by atoms with E-state index in [2.05, 4.69) is 10.6 Å². The van der Waals surface area contributed by atoms with Crippen LogP contribution < -0.4 is 10.6 Å². The molecule has 0 spiro atoms. The lowest BCUT2D eigenvalue weighted by Gasteiger charge is -2.22. The molecule has 2 aromatic carbocycles. The number of carbonyl (C=O) groups is 2. The third-order valence-corrected chi connectivity index (χ3v) is 4.32. The Bertz CT molecular complexity index is 836. The number of amides is 2. The summed E-state index contributed by atoms with van der Waals surface area (Å²) in [6, 6.07) is 10.1. The summed E-state index contributed by atoms with van der Waals surface area (Å²) < 4.78 is 38.4. The highest BCUT2D eigenvalue weighted by molar-refractivity contribution is 6.30. The predicted molar refractivity (Wildman–Crippen MR) is 101 cm³/mol. The van der Waals surface area contributed by atoms with Gasteiger partial charge in [-0.15, -0.1) is 0 Å². The Balaban J connectivity index is 2.03. The summed E-state index contributed by atoms with van der Waals surface area (Å²) in [6.07, 6.45) is -4.45. The zero-order valence-electron chi connectivity index (χ0n) is 15.3. The van der Waals surface area contributed by atoms with Gasteiger partial charge in [0.05, 0.1) is 5.56 Å². The standard InChI is InChI=1S/C20H20ClF3N2O2/c1-12(2)17(26-18(27)14-6-8-16(21)9-7-14)19(28)25-11-13-4-3-5-15(10-13)20(22,23)24/h3-10,12,17H,11H2,1-2H3,(H,25,28)(H,26,27)/t17-/m0/s1. The average molecular weight is 413 g/mol. The van der Waals surface area contributed by atoms with E-state index in [1.54, 1.807) is 26.0 Å². The number of alkyl halides is 3. The largest absolute Gasteiger partial charge is 0.416 e. The Kier molecular flexibility index (Phi) is 7.07. The minimum Gasteiger partial charge on any atom is -0.350 e. The molecule has 8 heteroatoms. The number of carbonyl (C=O) groups excluding carboxylic acids is 2. The van der Waals surface area contributed by atoms with Crippen LogP contribution in [0.5, 0.6) is 0 Å². The van der Waals surface area contributed by atoms with E-state index in [1.807, 2.05) is 0 Å². The molecule has 0 aliphatic rings. The Morgan fingerprint density at radius 3 is 2.29 bits per heavy atom. The van der Waals surface area contributed by atoms with Crippen LogP contribution in [0.4, 0.5) is 13.2 Å². The van der Waals surface area contributed by atoms with Crippen molar-refractivity contribution in [2.24, 2.45) is 5.92 Å². The molecule has 2 aromatic rings. The number of rotatable bonds is 6. The average Bonchev–Trinajstić information content (AvgIpc) is 2.64. The van der Waals surface area contributed by atoms with E-state index in [-0.39, 0.29) is 12.5 Å². The van der Waals surface area contributed by atoms with Gasteiger partial charge in [0.25, 0.3) is 5.91 Å². The molecule has 0 fully saturated rings. The summed E-state index contributed by atoms with van der Waals surface area (Å²) in [5.41, 5.74) is -0.119. The second-order valence-corrected chi connectivity index (χ2v) is 7.05. The molecule has 2 rings (SSSR count). The third-order valence-electron chi connectivity index (χ3n) is 4.06. The Morgan fingerprint density at radius 2 is 1.71 bits per heavy atom. The highest BCUT2D eigenvalue weighted by Crippen LogP contribution is 2.29. The minimum absolute atomic E-state index is 0.0806. The molecular weight excluding hydrogens is 393 g/mol. The van der Waals surface area contributed by atoms with Crippen molar-refractivity contribution >= 4 is 23.4 Å². The fraction of sp³-hybridized carbons (Fsp3) is 0.300. The van der Waals surface area contributed by atoms with Gasteiger partial charge in [-0.05, 0) is 47.9 Å². The zero-order chi connectivity index (χ0) is 20.9. The van der Waals surface area contributed by atoms with E-state index in [1.165, 1.54) is 24.3 Å². The fourth-order valence-electron chi connectivity index (χ4n) is 2.52. The van der Waals surface area contributed by atoms with Crippen molar-refractivity contribution in [3.05, 3.63) is 70.2 Å². The lowest BCUT2D eigenvalue weighted by Crippen LogP contribution is -2.49. The molecule has 1 atom stereocenters. The molecule has 0 aromatic heterocycles.